The van der Waals surface area contributed by atoms with E-state index in [2.05, 4.69) is 61.5 Å². The molecular weight excluding hydrogens is 388 g/mol. The Hall–Kier alpha value is -2.28. The fourth-order valence-electron chi connectivity index (χ4n) is 4.60. The van der Waals surface area contributed by atoms with Crippen molar-refractivity contribution in [1.29, 1.82) is 0 Å². The first kappa shape index (κ1) is 23.4. The zero-order valence-electron chi connectivity index (χ0n) is 19.6. The van der Waals surface area contributed by atoms with E-state index in [-0.39, 0.29) is 5.91 Å². The maximum atomic E-state index is 11.6. The Bertz CT molecular complexity index is 721. The van der Waals surface area contributed by atoms with Crippen LogP contribution in [-0.2, 0) is 4.79 Å². The van der Waals surface area contributed by atoms with E-state index in [1.54, 1.807) is 7.05 Å². The summed E-state index contributed by atoms with van der Waals surface area (Å²) in [5.41, 5.74) is 2.68. The van der Waals surface area contributed by atoms with Crippen molar-refractivity contribution in [3.63, 3.8) is 0 Å². The molecule has 7 heteroatoms. The third-order valence-corrected chi connectivity index (χ3v) is 6.55. The number of benzene rings is 1. The van der Waals surface area contributed by atoms with E-state index < -0.39 is 0 Å². The van der Waals surface area contributed by atoms with Gasteiger partial charge in [-0.15, -0.1) is 0 Å². The maximum absolute atomic E-state index is 11.6. The molecule has 2 fully saturated rings. The molecule has 2 N–H and O–H groups in total. The van der Waals surface area contributed by atoms with Crippen LogP contribution in [0.4, 0.5) is 5.69 Å². The lowest BCUT2D eigenvalue weighted by molar-refractivity contribution is -0.121. The molecule has 0 atom stereocenters. The molecule has 7 nitrogen and oxygen atoms in total. The van der Waals surface area contributed by atoms with Crippen molar-refractivity contribution in [1.82, 2.24) is 20.4 Å². The highest BCUT2D eigenvalue weighted by atomic mass is 16.1. The van der Waals surface area contributed by atoms with Gasteiger partial charge in [-0.1, -0.05) is 12.1 Å². The van der Waals surface area contributed by atoms with E-state index in [4.69, 9.17) is 0 Å². The van der Waals surface area contributed by atoms with Gasteiger partial charge in [-0.3, -0.25) is 14.7 Å². The highest BCUT2D eigenvalue weighted by Gasteiger charge is 2.23. The number of likely N-dealkylation sites (tertiary alicyclic amines) is 1. The molecular formula is C24H40N6O. The van der Waals surface area contributed by atoms with Gasteiger partial charge < -0.3 is 20.4 Å². The van der Waals surface area contributed by atoms with Crippen LogP contribution < -0.4 is 15.5 Å². The first-order valence-electron chi connectivity index (χ1n) is 11.8. The zero-order valence-corrected chi connectivity index (χ0v) is 19.6. The van der Waals surface area contributed by atoms with Crippen molar-refractivity contribution in [3.8, 4) is 0 Å². The Morgan fingerprint density at radius 2 is 1.87 bits per heavy atom. The molecule has 1 aromatic carbocycles. The highest BCUT2D eigenvalue weighted by molar-refractivity contribution is 5.80. The van der Waals surface area contributed by atoms with Gasteiger partial charge in [0.15, 0.2) is 5.96 Å². The van der Waals surface area contributed by atoms with Gasteiger partial charge in [0, 0.05) is 72.0 Å². The van der Waals surface area contributed by atoms with Crippen LogP contribution in [0.15, 0.2) is 29.3 Å². The number of hydrogen-bond donors (Lipinski definition) is 2. The molecule has 1 aromatic rings. The SMILES string of the molecule is CN=C(NCCCN1CCN(c2cccc(C)c2)CC1)N1CCC(CC(=O)NC)CC1. The summed E-state index contributed by atoms with van der Waals surface area (Å²) in [6.45, 7) is 10.6. The van der Waals surface area contributed by atoms with E-state index in [0.29, 0.717) is 12.3 Å². The van der Waals surface area contributed by atoms with Crippen molar-refractivity contribution in [2.75, 3.05) is 71.4 Å². The molecule has 0 bridgehead atoms. The number of nitrogens with zero attached hydrogens (tertiary/aromatic N) is 4. The normalized spacial score (nSPS) is 18.9. The fourth-order valence-corrected chi connectivity index (χ4v) is 4.60. The van der Waals surface area contributed by atoms with E-state index in [9.17, 15) is 4.79 Å². The summed E-state index contributed by atoms with van der Waals surface area (Å²) in [4.78, 5) is 23.5. The third kappa shape index (κ3) is 7.13. The maximum Gasteiger partial charge on any atom is 0.220 e. The molecule has 0 aliphatic carbocycles. The van der Waals surface area contributed by atoms with Crippen LogP contribution in [0.5, 0.6) is 0 Å². The molecule has 3 rings (SSSR count). The van der Waals surface area contributed by atoms with Crippen LogP contribution in [-0.4, -0.2) is 88.1 Å². The van der Waals surface area contributed by atoms with Gasteiger partial charge in [-0.25, -0.2) is 0 Å². The van der Waals surface area contributed by atoms with Crippen molar-refractivity contribution in [2.24, 2.45) is 10.9 Å². The Morgan fingerprint density at radius 3 is 2.52 bits per heavy atom. The Balaban J connectivity index is 1.31. The monoisotopic (exact) mass is 428 g/mol. The number of piperazine rings is 1. The van der Waals surface area contributed by atoms with E-state index in [1.165, 1.54) is 11.3 Å². The fraction of sp³-hybridized carbons (Fsp3) is 0.667. The Labute approximate surface area is 187 Å². The van der Waals surface area contributed by atoms with Crippen LogP contribution in [0.3, 0.4) is 0 Å². The van der Waals surface area contributed by atoms with Crippen LogP contribution in [0, 0.1) is 12.8 Å². The predicted octanol–water partition coefficient (Wildman–Crippen LogP) is 1.93. The molecule has 2 aliphatic heterocycles. The molecule has 2 aliphatic rings. The number of rotatable bonds is 7. The second-order valence-corrected chi connectivity index (χ2v) is 8.80. The smallest absolute Gasteiger partial charge is 0.220 e. The van der Waals surface area contributed by atoms with E-state index in [1.807, 2.05) is 7.05 Å². The number of aryl methyl sites for hydroxylation is 1. The number of carbonyl (C=O) groups excluding carboxylic acids is 1. The van der Waals surface area contributed by atoms with Crippen molar-refractivity contribution < 1.29 is 4.79 Å². The Kier molecular flexibility index (Phi) is 9.00. The molecule has 172 valence electrons. The second kappa shape index (κ2) is 11.9. The molecule has 1 amide bonds. The lowest BCUT2D eigenvalue weighted by Crippen LogP contribution is -2.48. The Morgan fingerprint density at radius 1 is 1.13 bits per heavy atom. The van der Waals surface area contributed by atoms with Gasteiger partial charge in [0.2, 0.25) is 5.91 Å². The first-order valence-corrected chi connectivity index (χ1v) is 11.8. The summed E-state index contributed by atoms with van der Waals surface area (Å²) >= 11 is 0. The first-order chi connectivity index (χ1) is 15.1. The third-order valence-electron chi connectivity index (χ3n) is 6.55. The largest absolute Gasteiger partial charge is 0.369 e. The number of carbonyl (C=O) groups is 1. The average Bonchev–Trinajstić information content (AvgIpc) is 2.80. The minimum absolute atomic E-state index is 0.153. The predicted molar refractivity (Wildman–Crippen MR) is 129 cm³/mol. The summed E-state index contributed by atoms with van der Waals surface area (Å²) in [6, 6.07) is 8.82. The van der Waals surface area contributed by atoms with Gasteiger partial charge in [0.1, 0.15) is 0 Å². The number of nitrogens with one attached hydrogen (secondary N) is 2. The minimum atomic E-state index is 0.153. The number of amides is 1. The molecule has 0 aromatic heterocycles. The summed E-state index contributed by atoms with van der Waals surface area (Å²) in [5, 5.41) is 6.28. The van der Waals surface area contributed by atoms with Crippen LogP contribution in [0.25, 0.3) is 0 Å². The molecule has 31 heavy (non-hydrogen) atoms. The summed E-state index contributed by atoms with van der Waals surface area (Å²) in [7, 11) is 3.58. The minimum Gasteiger partial charge on any atom is -0.369 e. The highest BCUT2D eigenvalue weighted by Crippen LogP contribution is 2.20. The lowest BCUT2D eigenvalue weighted by Gasteiger charge is -2.36. The van der Waals surface area contributed by atoms with Crippen LogP contribution >= 0.6 is 0 Å². The zero-order chi connectivity index (χ0) is 22.1. The van der Waals surface area contributed by atoms with Gasteiger partial charge in [0.05, 0.1) is 0 Å². The lowest BCUT2D eigenvalue weighted by atomic mass is 9.93. The topological polar surface area (TPSA) is 63.2 Å². The number of aliphatic imine (C=N–C) groups is 1. The van der Waals surface area contributed by atoms with E-state index in [0.717, 1.165) is 77.6 Å². The average molecular weight is 429 g/mol. The number of anilines is 1. The van der Waals surface area contributed by atoms with Gasteiger partial charge in [-0.2, -0.15) is 0 Å². The standard InChI is InChI=1S/C24H40N6O/c1-20-6-4-7-22(18-20)29-16-14-28(15-17-29)11-5-10-27-24(26-3)30-12-8-21(9-13-30)19-23(31)25-2/h4,6-7,18,21H,5,8-17,19H2,1-3H3,(H,25,31)(H,26,27). The molecule has 0 saturated carbocycles. The molecule has 0 radical (unpaired) electrons. The van der Waals surface area contributed by atoms with Crippen molar-refractivity contribution in [3.05, 3.63) is 29.8 Å². The van der Waals surface area contributed by atoms with Gasteiger partial charge >= 0.3 is 0 Å². The summed E-state index contributed by atoms with van der Waals surface area (Å²) in [5.74, 6) is 1.65. The van der Waals surface area contributed by atoms with Crippen LogP contribution in [0.1, 0.15) is 31.2 Å². The van der Waals surface area contributed by atoms with Crippen LogP contribution in [0.2, 0.25) is 0 Å². The number of guanidine groups is 1. The quantitative estimate of drug-likeness (QED) is 0.395. The molecule has 0 spiro atoms. The van der Waals surface area contributed by atoms with Crippen molar-refractivity contribution >= 4 is 17.6 Å². The molecule has 2 saturated heterocycles. The molecule has 2 heterocycles. The molecule has 0 unspecified atom stereocenters. The van der Waals surface area contributed by atoms with Gasteiger partial charge in [0.25, 0.3) is 0 Å². The summed E-state index contributed by atoms with van der Waals surface area (Å²) in [6.07, 6.45) is 3.88. The van der Waals surface area contributed by atoms with Crippen molar-refractivity contribution in [2.45, 2.75) is 32.6 Å². The summed E-state index contributed by atoms with van der Waals surface area (Å²) < 4.78 is 0. The number of piperidine rings is 1. The van der Waals surface area contributed by atoms with Gasteiger partial charge in [-0.05, 0) is 56.3 Å². The second-order valence-electron chi connectivity index (χ2n) is 8.80. The van der Waals surface area contributed by atoms with E-state index >= 15 is 0 Å². The number of hydrogen-bond acceptors (Lipinski definition) is 4.